The van der Waals surface area contributed by atoms with E-state index in [9.17, 15) is 9.90 Å². The van der Waals surface area contributed by atoms with E-state index in [2.05, 4.69) is 20.9 Å². The highest BCUT2D eigenvalue weighted by molar-refractivity contribution is 9.10. The Morgan fingerprint density at radius 1 is 1.23 bits per heavy atom. The molecule has 5 heteroatoms. The highest BCUT2D eigenvalue weighted by Gasteiger charge is 2.52. The molecule has 0 amide bonds. The first kappa shape index (κ1) is 15.9. The number of rotatable bonds is 4. The summed E-state index contributed by atoms with van der Waals surface area (Å²) in [5.41, 5.74) is -0.0679. The van der Waals surface area contributed by atoms with E-state index in [0.717, 1.165) is 48.7 Å². The Morgan fingerprint density at radius 3 is 2.27 bits per heavy atom. The van der Waals surface area contributed by atoms with Crippen molar-refractivity contribution in [3.63, 3.8) is 0 Å². The van der Waals surface area contributed by atoms with Gasteiger partial charge < -0.3 is 9.84 Å². The molecule has 0 radical (unpaired) electrons. The van der Waals surface area contributed by atoms with Gasteiger partial charge in [0.1, 0.15) is 5.60 Å². The molecule has 0 spiro atoms. The molecule has 2 fully saturated rings. The lowest BCUT2D eigenvalue weighted by Crippen LogP contribution is -2.41. The normalized spacial score (nSPS) is 28.0. The van der Waals surface area contributed by atoms with E-state index in [0.29, 0.717) is 5.92 Å². The van der Waals surface area contributed by atoms with Crippen LogP contribution >= 0.6 is 15.9 Å². The first-order valence-electron chi connectivity index (χ1n) is 7.98. The van der Waals surface area contributed by atoms with Crippen molar-refractivity contribution in [2.45, 2.75) is 44.1 Å². The fourth-order valence-electron chi connectivity index (χ4n) is 3.82. The lowest BCUT2D eigenvalue weighted by atomic mass is 9.70. The summed E-state index contributed by atoms with van der Waals surface area (Å²) in [6.07, 6.45) is 7.17. The Labute approximate surface area is 139 Å². The monoisotopic (exact) mass is 367 g/mol. The van der Waals surface area contributed by atoms with Crippen LogP contribution in [0.4, 0.5) is 0 Å². The Balaban J connectivity index is 1.78. The summed E-state index contributed by atoms with van der Waals surface area (Å²) in [7, 11) is 1.45. The van der Waals surface area contributed by atoms with Crippen LogP contribution in [0.1, 0.15) is 44.2 Å². The second kappa shape index (κ2) is 6.28. The maximum atomic E-state index is 11.7. The van der Waals surface area contributed by atoms with Gasteiger partial charge >= 0.3 is 5.97 Å². The molecule has 1 atom stereocenters. The van der Waals surface area contributed by atoms with Crippen LogP contribution in [0.25, 0.3) is 0 Å². The molecule has 1 aromatic heterocycles. The van der Waals surface area contributed by atoms with Gasteiger partial charge in [0.15, 0.2) is 0 Å². The van der Waals surface area contributed by atoms with Gasteiger partial charge in [0, 0.05) is 10.7 Å². The van der Waals surface area contributed by atoms with Crippen molar-refractivity contribution in [2.75, 3.05) is 7.11 Å². The van der Waals surface area contributed by atoms with Crippen molar-refractivity contribution < 1.29 is 14.6 Å². The largest absolute Gasteiger partial charge is 0.469 e. The molecule has 1 heterocycles. The Morgan fingerprint density at radius 2 is 1.82 bits per heavy atom. The zero-order valence-electron chi connectivity index (χ0n) is 12.8. The number of ether oxygens (including phenoxy) is 1. The number of carbonyl (C=O) groups excluding carboxylic acids is 1. The highest BCUT2D eigenvalue weighted by Crippen LogP contribution is 2.53. The fraction of sp³-hybridized carbons (Fsp3) is 0.647. The van der Waals surface area contributed by atoms with Gasteiger partial charge in [0.05, 0.1) is 18.7 Å². The lowest BCUT2D eigenvalue weighted by molar-refractivity contribution is -0.148. The van der Waals surface area contributed by atoms with Crippen molar-refractivity contribution in [3.8, 4) is 0 Å². The summed E-state index contributed by atoms with van der Waals surface area (Å²) < 4.78 is 5.77. The van der Waals surface area contributed by atoms with E-state index in [-0.39, 0.29) is 17.8 Å². The summed E-state index contributed by atoms with van der Waals surface area (Å²) in [5.74, 6) is 0.355. The van der Waals surface area contributed by atoms with Crippen molar-refractivity contribution in [1.29, 1.82) is 0 Å². The summed E-state index contributed by atoms with van der Waals surface area (Å²) in [5, 5.41) is 11.4. The van der Waals surface area contributed by atoms with Crippen LogP contribution < -0.4 is 0 Å². The second-order valence-electron chi connectivity index (χ2n) is 6.53. The summed E-state index contributed by atoms with van der Waals surface area (Å²) in [4.78, 5) is 16.1. The SMILES string of the molecule is COC(=O)C1CCC(C(O)(c2ccc(Br)cn2)C2CC2)CC1. The number of methoxy groups -OCH3 is 1. The molecule has 2 saturated carbocycles. The highest BCUT2D eigenvalue weighted by atomic mass is 79.9. The van der Waals surface area contributed by atoms with Crippen LogP contribution in [-0.2, 0) is 15.1 Å². The van der Waals surface area contributed by atoms with Crippen LogP contribution in [-0.4, -0.2) is 23.2 Å². The summed E-state index contributed by atoms with van der Waals surface area (Å²) in [6.45, 7) is 0. The predicted molar refractivity (Wildman–Crippen MR) is 86.0 cm³/mol. The zero-order valence-corrected chi connectivity index (χ0v) is 14.4. The minimum absolute atomic E-state index is 0.0115. The van der Waals surface area contributed by atoms with Crippen LogP contribution in [0.2, 0.25) is 0 Å². The van der Waals surface area contributed by atoms with Gasteiger partial charge in [-0.15, -0.1) is 0 Å². The predicted octanol–water partition coefficient (Wildman–Crippen LogP) is 3.42. The molecule has 0 aromatic carbocycles. The average molecular weight is 368 g/mol. The molecule has 4 nitrogen and oxygen atoms in total. The number of aliphatic hydroxyl groups is 1. The molecule has 120 valence electrons. The van der Waals surface area contributed by atoms with Gasteiger partial charge in [0.25, 0.3) is 0 Å². The van der Waals surface area contributed by atoms with E-state index in [1.807, 2.05) is 12.1 Å². The fourth-order valence-corrected chi connectivity index (χ4v) is 4.06. The molecule has 1 aromatic rings. The topological polar surface area (TPSA) is 59.4 Å². The average Bonchev–Trinajstić information content (AvgIpc) is 3.39. The van der Waals surface area contributed by atoms with E-state index < -0.39 is 5.60 Å². The number of hydrogen-bond acceptors (Lipinski definition) is 4. The number of pyridine rings is 1. The van der Waals surface area contributed by atoms with E-state index in [1.54, 1.807) is 6.20 Å². The van der Waals surface area contributed by atoms with Crippen molar-refractivity contribution in [1.82, 2.24) is 4.98 Å². The molecule has 0 aliphatic heterocycles. The first-order valence-corrected chi connectivity index (χ1v) is 8.77. The van der Waals surface area contributed by atoms with Gasteiger partial charge in [-0.3, -0.25) is 9.78 Å². The minimum atomic E-state index is -0.845. The molecule has 3 rings (SSSR count). The Hall–Kier alpha value is -0.940. The molecular weight excluding hydrogens is 346 g/mol. The molecule has 0 saturated heterocycles. The van der Waals surface area contributed by atoms with Gasteiger partial charge in [-0.25, -0.2) is 0 Å². The number of carbonyl (C=O) groups is 1. The number of hydrogen-bond donors (Lipinski definition) is 1. The Bertz CT molecular complexity index is 535. The third-order valence-electron chi connectivity index (χ3n) is 5.22. The summed E-state index contributed by atoms with van der Waals surface area (Å²) in [6, 6.07) is 3.87. The summed E-state index contributed by atoms with van der Waals surface area (Å²) >= 11 is 3.40. The van der Waals surface area contributed by atoms with Crippen molar-refractivity contribution >= 4 is 21.9 Å². The molecule has 22 heavy (non-hydrogen) atoms. The molecule has 2 aliphatic rings. The second-order valence-corrected chi connectivity index (χ2v) is 7.45. The lowest BCUT2D eigenvalue weighted by Gasteiger charge is -2.40. The van der Waals surface area contributed by atoms with Crippen LogP contribution in [0.5, 0.6) is 0 Å². The maximum Gasteiger partial charge on any atom is 0.308 e. The number of esters is 1. The quantitative estimate of drug-likeness (QED) is 0.828. The standard InChI is InChI=1S/C17H22BrNO3/c1-22-16(20)11-2-4-12(5-3-11)17(21,13-6-7-13)15-9-8-14(18)10-19-15/h8-13,21H,2-7H2,1H3. The van der Waals surface area contributed by atoms with Crippen molar-refractivity contribution in [2.24, 2.45) is 17.8 Å². The van der Waals surface area contributed by atoms with E-state index in [4.69, 9.17) is 4.74 Å². The van der Waals surface area contributed by atoms with Gasteiger partial charge in [-0.2, -0.15) is 0 Å². The molecule has 0 bridgehead atoms. The van der Waals surface area contributed by atoms with Gasteiger partial charge in [-0.05, 0) is 78.4 Å². The minimum Gasteiger partial charge on any atom is -0.469 e. The third-order valence-corrected chi connectivity index (χ3v) is 5.69. The third kappa shape index (κ3) is 2.93. The molecule has 1 unspecified atom stereocenters. The first-order chi connectivity index (χ1) is 10.6. The number of nitrogens with zero attached hydrogens (tertiary/aromatic N) is 1. The van der Waals surface area contributed by atoms with Gasteiger partial charge in [-0.1, -0.05) is 0 Å². The molecular formula is C17H22BrNO3. The van der Waals surface area contributed by atoms with Gasteiger partial charge in [0.2, 0.25) is 0 Å². The van der Waals surface area contributed by atoms with E-state index >= 15 is 0 Å². The zero-order chi connectivity index (χ0) is 15.7. The van der Waals surface area contributed by atoms with Crippen molar-refractivity contribution in [3.05, 3.63) is 28.5 Å². The van der Waals surface area contributed by atoms with Crippen LogP contribution in [0.15, 0.2) is 22.8 Å². The molecule has 1 N–H and O–H groups in total. The maximum absolute atomic E-state index is 11.7. The van der Waals surface area contributed by atoms with Crippen LogP contribution in [0, 0.1) is 17.8 Å². The molecule has 2 aliphatic carbocycles. The Kier molecular flexibility index (Phi) is 4.55. The number of aromatic nitrogens is 1. The number of halogens is 1. The van der Waals surface area contributed by atoms with Crippen LogP contribution in [0.3, 0.4) is 0 Å². The smallest absolute Gasteiger partial charge is 0.308 e. The van der Waals surface area contributed by atoms with E-state index in [1.165, 1.54) is 7.11 Å².